The van der Waals surface area contributed by atoms with Crippen molar-refractivity contribution >= 4 is 27.7 Å². The average Bonchev–Trinajstić information content (AvgIpc) is 2.92. The number of hydrogen-bond donors (Lipinski definition) is 4. The molecule has 6 nitrogen and oxygen atoms in total. The molecule has 1 aromatic heterocycles. The summed E-state index contributed by atoms with van der Waals surface area (Å²) in [7, 11) is 0. The monoisotopic (exact) mass is 362 g/mol. The van der Waals surface area contributed by atoms with E-state index in [2.05, 4.69) is 37.1 Å². The Morgan fingerprint density at radius 3 is 2.68 bits per heavy atom. The van der Waals surface area contributed by atoms with Crippen molar-refractivity contribution < 1.29 is 9.90 Å². The number of amides is 1. The predicted molar refractivity (Wildman–Crippen MR) is 86.5 cm³/mol. The highest BCUT2D eigenvalue weighted by Gasteiger charge is 2.39. The largest absolute Gasteiger partial charge is 0.504 e. The molecule has 1 aliphatic heterocycles. The van der Waals surface area contributed by atoms with E-state index in [0.717, 1.165) is 5.56 Å². The van der Waals surface area contributed by atoms with Crippen molar-refractivity contribution in [2.24, 2.45) is 0 Å². The lowest BCUT2D eigenvalue weighted by molar-refractivity contribution is -0.117. The van der Waals surface area contributed by atoms with Gasteiger partial charge in [0.15, 0.2) is 11.6 Å². The van der Waals surface area contributed by atoms with Gasteiger partial charge in [-0.15, -0.1) is 0 Å². The van der Waals surface area contributed by atoms with Crippen molar-refractivity contribution in [3.05, 3.63) is 54.2 Å². The Bertz CT molecular complexity index is 668. The molecule has 3 unspecified atom stereocenters. The molecule has 114 valence electrons. The van der Waals surface area contributed by atoms with E-state index >= 15 is 0 Å². The van der Waals surface area contributed by atoms with Gasteiger partial charge in [-0.2, -0.15) is 0 Å². The topological polar surface area (TPSA) is 86.3 Å². The van der Waals surface area contributed by atoms with Crippen LogP contribution in [0.25, 0.3) is 0 Å². The zero-order chi connectivity index (χ0) is 15.5. The molecule has 0 saturated carbocycles. The third-order valence-corrected chi connectivity index (χ3v) is 4.56. The molecule has 1 amide bonds. The summed E-state index contributed by atoms with van der Waals surface area (Å²) in [6.07, 6.45) is 1.51. The molecule has 1 saturated heterocycles. The van der Waals surface area contributed by atoms with Crippen LogP contribution in [-0.2, 0) is 4.79 Å². The van der Waals surface area contributed by atoms with Crippen LogP contribution in [0.5, 0.6) is 5.75 Å². The second kappa shape index (κ2) is 6.43. The van der Waals surface area contributed by atoms with Crippen molar-refractivity contribution in [3.63, 3.8) is 0 Å². The number of nitrogens with one attached hydrogen (secondary N) is 3. The van der Waals surface area contributed by atoms with Crippen molar-refractivity contribution in [1.82, 2.24) is 15.8 Å². The SMILES string of the molecule is O=C(Nc1ncccc1O)C1NNC(c2ccccc2)C1Br. The molecule has 1 aromatic carbocycles. The zero-order valence-electron chi connectivity index (χ0n) is 11.5. The second-order valence-corrected chi connectivity index (χ2v) is 6.02. The van der Waals surface area contributed by atoms with Crippen LogP contribution in [0.4, 0.5) is 5.82 Å². The van der Waals surface area contributed by atoms with Gasteiger partial charge in [0, 0.05) is 6.20 Å². The van der Waals surface area contributed by atoms with Gasteiger partial charge >= 0.3 is 0 Å². The standard InChI is InChI=1S/C15H15BrN4O2/c16-11-12(9-5-2-1-3-6-9)19-20-13(11)15(22)18-14-10(21)7-4-8-17-14/h1-8,11-13,19-21H,(H,17,18,22). The number of nitrogens with zero attached hydrogens (tertiary/aromatic N) is 1. The number of hydrazine groups is 1. The molecule has 1 aliphatic rings. The maximum Gasteiger partial charge on any atom is 0.245 e. The molecule has 0 spiro atoms. The van der Waals surface area contributed by atoms with E-state index in [-0.39, 0.29) is 28.3 Å². The first kappa shape index (κ1) is 15.0. The van der Waals surface area contributed by atoms with E-state index in [4.69, 9.17) is 0 Å². The number of anilines is 1. The van der Waals surface area contributed by atoms with Gasteiger partial charge in [-0.25, -0.2) is 15.8 Å². The predicted octanol–water partition coefficient (Wildman–Crippen LogP) is 1.71. The summed E-state index contributed by atoms with van der Waals surface area (Å²) in [4.78, 5) is 16.2. The molecule has 3 rings (SSSR count). The minimum absolute atomic E-state index is 0.0331. The van der Waals surface area contributed by atoms with Crippen LogP contribution in [0.3, 0.4) is 0 Å². The number of aromatic nitrogens is 1. The fourth-order valence-electron chi connectivity index (χ4n) is 2.36. The molecule has 4 N–H and O–H groups in total. The summed E-state index contributed by atoms with van der Waals surface area (Å²) < 4.78 is 0. The fourth-order valence-corrected chi connectivity index (χ4v) is 3.17. The van der Waals surface area contributed by atoms with Crippen LogP contribution in [-0.4, -0.2) is 26.9 Å². The van der Waals surface area contributed by atoms with Crippen LogP contribution in [0.2, 0.25) is 0 Å². The highest BCUT2D eigenvalue weighted by atomic mass is 79.9. The first-order chi connectivity index (χ1) is 10.7. The number of carbonyl (C=O) groups is 1. The highest BCUT2D eigenvalue weighted by Crippen LogP contribution is 2.29. The summed E-state index contributed by atoms with van der Waals surface area (Å²) in [6.45, 7) is 0. The number of alkyl halides is 1. The average molecular weight is 363 g/mol. The summed E-state index contributed by atoms with van der Waals surface area (Å²) in [6, 6.07) is 12.4. The fraction of sp³-hybridized carbons (Fsp3) is 0.200. The van der Waals surface area contributed by atoms with Gasteiger partial charge in [0.25, 0.3) is 0 Å². The number of pyridine rings is 1. The number of halogens is 1. The van der Waals surface area contributed by atoms with E-state index in [0.29, 0.717) is 0 Å². The summed E-state index contributed by atoms with van der Waals surface area (Å²) in [5.41, 5.74) is 7.17. The third-order valence-electron chi connectivity index (χ3n) is 3.50. The molecule has 3 atom stereocenters. The highest BCUT2D eigenvalue weighted by molar-refractivity contribution is 9.09. The van der Waals surface area contributed by atoms with E-state index in [1.807, 2.05) is 30.3 Å². The molecule has 0 aliphatic carbocycles. The van der Waals surface area contributed by atoms with Crippen molar-refractivity contribution in [2.45, 2.75) is 16.9 Å². The van der Waals surface area contributed by atoms with Gasteiger partial charge in [-0.1, -0.05) is 46.3 Å². The Balaban J connectivity index is 1.71. The second-order valence-electron chi connectivity index (χ2n) is 4.96. The Hall–Kier alpha value is -1.96. The molecular formula is C15H15BrN4O2. The Kier molecular flexibility index (Phi) is 4.37. The molecule has 0 bridgehead atoms. The quantitative estimate of drug-likeness (QED) is 0.624. The lowest BCUT2D eigenvalue weighted by Crippen LogP contribution is -2.42. The van der Waals surface area contributed by atoms with Gasteiger partial charge < -0.3 is 10.4 Å². The Labute approximate surface area is 136 Å². The lowest BCUT2D eigenvalue weighted by atomic mass is 10.0. The van der Waals surface area contributed by atoms with E-state index in [9.17, 15) is 9.90 Å². The molecule has 2 heterocycles. The minimum atomic E-state index is -0.494. The van der Waals surface area contributed by atoms with Crippen molar-refractivity contribution in [3.8, 4) is 5.75 Å². The van der Waals surface area contributed by atoms with Crippen LogP contribution in [0.15, 0.2) is 48.7 Å². The van der Waals surface area contributed by atoms with Gasteiger partial charge in [0.2, 0.25) is 5.91 Å². The summed E-state index contributed by atoms with van der Waals surface area (Å²) in [5, 5.41) is 12.3. The van der Waals surface area contributed by atoms with E-state index < -0.39 is 6.04 Å². The maximum absolute atomic E-state index is 12.4. The smallest absolute Gasteiger partial charge is 0.245 e. The molecule has 2 aromatic rings. The number of carbonyl (C=O) groups excluding carboxylic acids is 1. The summed E-state index contributed by atoms with van der Waals surface area (Å²) in [5.74, 6) is -0.188. The lowest BCUT2D eigenvalue weighted by Gasteiger charge is -2.17. The minimum Gasteiger partial charge on any atom is -0.504 e. The van der Waals surface area contributed by atoms with Crippen LogP contribution < -0.4 is 16.2 Å². The number of aromatic hydroxyl groups is 1. The van der Waals surface area contributed by atoms with E-state index in [1.165, 1.54) is 12.3 Å². The van der Waals surface area contributed by atoms with Crippen molar-refractivity contribution in [1.29, 1.82) is 0 Å². The van der Waals surface area contributed by atoms with Crippen LogP contribution in [0.1, 0.15) is 11.6 Å². The van der Waals surface area contributed by atoms with Crippen LogP contribution in [0, 0.1) is 0 Å². The van der Waals surface area contributed by atoms with Crippen molar-refractivity contribution in [2.75, 3.05) is 5.32 Å². The van der Waals surface area contributed by atoms with Crippen LogP contribution >= 0.6 is 15.9 Å². The molecule has 1 fully saturated rings. The molecule has 7 heteroatoms. The number of benzene rings is 1. The first-order valence-electron chi connectivity index (χ1n) is 6.82. The Morgan fingerprint density at radius 1 is 1.18 bits per heavy atom. The van der Waals surface area contributed by atoms with Gasteiger partial charge in [0.05, 0.1) is 10.9 Å². The van der Waals surface area contributed by atoms with Gasteiger partial charge in [-0.3, -0.25) is 4.79 Å². The third kappa shape index (κ3) is 2.96. The molecule has 0 radical (unpaired) electrons. The first-order valence-corrected chi connectivity index (χ1v) is 7.73. The zero-order valence-corrected chi connectivity index (χ0v) is 13.1. The molecular weight excluding hydrogens is 348 g/mol. The van der Waals surface area contributed by atoms with Gasteiger partial charge in [0.1, 0.15) is 6.04 Å². The maximum atomic E-state index is 12.4. The normalized spacial score (nSPS) is 24.1. The molecule has 22 heavy (non-hydrogen) atoms. The Morgan fingerprint density at radius 2 is 1.95 bits per heavy atom. The van der Waals surface area contributed by atoms with Gasteiger partial charge in [-0.05, 0) is 17.7 Å². The summed E-state index contributed by atoms with van der Waals surface area (Å²) >= 11 is 3.57. The number of hydrogen-bond acceptors (Lipinski definition) is 5. The number of rotatable bonds is 3. The van der Waals surface area contributed by atoms with E-state index in [1.54, 1.807) is 6.07 Å².